The molecule has 104 valence electrons. The fourth-order valence-corrected chi connectivity index (χ4v) is 2.57. The van der Waals surface area contributed by atoms with Crippen LogP contribution in [0, 0.1) is 5.92 Å². The zero-order valence-corrected chi connectivity index (χ0v) is 12.8. The number of nitrogens with zero attached hydrogens (tertiary/aromatic N) is 2. The maximum atomic E-state index is 11.9. The van der Waals surface area contributed by atoms with E-state index in [1.165, 1.54) is 25.9 Å². The highest BCUT2D eigenvalue weighted by atomic mass is 79.9. The molecule has 1 aliphatic heterocycles. The van der Waals surface area contributed by atoms with Gasteiger partial charge in [-0.15, -0.1) is 0 Å². The number of carbonyl (C=O) groups excluding carboxylic acids is 1. The molecule has 0 radical (unpaired) electrons. The number of pyridine rings is 1. The van der Waals surface area contributed by atoms with Gasteiger partial charge >= 0.3 is 0 Å². The molecule has 1 atom stereocenters. The van der Waals surface area contributed by atoms with Gasteiger partial charge in [0.05, 0.1) is 0 Å². The van der Waals surface area contributed by atoms with E-state index in [9.17, 15) is 4.79 Å². The molecular weight excluding hydrogens is 306 g/mol. The van der Waals surface area contributed by atoms with Crippen LogP contribution in [0.15, 0.2) is 22.8 Å². The summed E-state index contributed by atoms with van der Waals surface area (Å²) in [5.41, 5.74) is 0.469. The molecule has 0 aliphatic carbocycles. The highest BCUT2D eigenvalue weighted by Crippen LogP contribution is 2.10. The van der Waals surface area contributed by atoms with E-state index < -0.39 is 0 Å². The maximum absolute atomic E-state index is 11.9. The minimum atomic E-state index is -0.0965. The summed E-state index contributed by atoms with van der Waals surface area (Å²) in [5, 5.41) is 2.95. The Labute approximate surface area is 122 Å². The lowest BCUT2D eigenvalue weighted by Crippen LogP contribution is -2.34. The molecule has 1 aromatic rings. The van der Waals surface area contributed by atoms with Gasteiger partial charge in [0.15, 0.2) is 0 Å². The van der Waals surface area contributed by atoms with Crippen LogP contribution in [0.1, 0.15) is 30.3 Å². The second-order valence-corrected chi connectivity index (χ2v) is 6.10. The first-order valence-corrected chi connectivity index (χ1v) is 7.56. The summed E-state index contributed by atoms with van der Waals surface area (Å²) in [5.74, 6) is 0.373. The summed E-state index contributed by atoms with van der Waals surface area (Å²) in [6.45, 7) is 6.34. The van der Waals surface area contributed by atoms with Gasteiger partial charge in [-0.05, 0) is 59.9 Å². The molecule has 1 fully saturated rings. The van der Waals surface area contributed by atoms with Crippen LogP contribution in [0.3, 0.4) is 0 Å². The Morgan fingerprint density at radius 3 is 2.84 bits per heavy atom. The minimum Gasteiger partial charge on any atom is -0.350 e. The van der Waals surface area contributed by atoms with Gasteiger partial charge in [0, 0.05) is 23.8 Å². The van der Waals surface area contributed by atoms with Crippen LogP contribution in [0.4, 0.5) is 0 Å². The standard InChI is InChI=1S/C14H20BrN3O/c1-11(10-18-6-2-3-7-18)8-17-14(19)13-5-4-12(15)9-16-13/h4-5,9,11H,2-3,6-8,10H2,1H3,(H,17,19). The third-order valence-electron chi connectivity index (χ3n) is 3.34. The number of rotatable bonds is 5. The van der Waals surface area contributed by atoms with Crippen LogP contribution in [0.25, 0.3) is 0 Å². The molecule has 5 heteroatoms. The lowest BCUT2D eigenvalue weighted by molar-refractivity contribution is 0.0940. The average Bonchev–Trinajstić information content (AvgIpc) is 2.89. The Bertz CT molecular complexity index is 415. The predicted molar refractivity (Wildman–Crippen MR) is 79.1 cm³/mol. The average molecular weight is 326 g/mol. The first-order valence-electron chi connectivity index (χ1n) is 6.77. The zero-order valence-electron chi connectivity index (χ0n) is 11.2. The smallest absolute Gasteiger partial charge is 0.269 e. The summed E-state index contributed by atoms with van der Waals surface area (Å²) in [4.78, 5) is 18.5. The predicted octanol–water partition coefficient (Wildman–Crippen LogP) is 2.31. The van der Waals surface area contributed by atoms with Crippen LogP contribution < -0.4 is 5.32 Å². The van der Waals surface area contributed by atoms with Gasteiger partial charge in [0.2, 0.25) is 0 Å². The number of hydrogen-bond donors (Lipinski definition) is 1. The van der Waals surface area contributed by atoms with Crippen molar-refractivity contribution in [1.82, 2.24) is 15.2 Å². The normalized spacial score (nSPS) is 17.4. The molecule has 2 heterocycles. The first kappa shape index (κ1) is 14.5. The van der Waals surface area contributed by atoms with Crippen LogP contribution in [-0.2, 0) is 0 Å². The number of hydrogen-bond acceptors (Lipinski definition) is 3. The fraction of sp³-hybridized carbons (Fsp3) is 0.571. The van der Waals surface area contributed by atoms with Crippen LogP contribution >= 0.6 is 15.9 Å². The fourth-order valence-electron chi connectivity index (χ4n) is 2.34. The number of carbonyl (C=O) groups is 1. The molecule has 1 amide bonds. The molecule has 0 aromatic carbocycles. The van der Waals surface area contributed by atoms with Gasteiger partial charge in [0.1, 0.15) is 5.69 Å². The van der Waals surface area contributed by atoms with E-state index >= 15 is 0 Å². The zero-order chi connectivity index (χ0) is 13.7. The van der Waals surface area contributed by atoms with Crippen LogP contribution in [0.2, 0.25) is 0 Å². The third-order valence-corrected chi connectivity index (χ3v) is 3.81. The first-order chi connectivity index (χ1) is 9.15. The molecular formula is C14H20BrN3O. The van der Waals surface area contributed by atoms with Crippen molar-refractivity contribution in [2.24, 2.45) is 5.92 Å². The lowest BCUT2D eigenvalue weighted by atomic mass is 10.1. The molecule has 1 aromatic heterocycles. The minimum absolute atomic E-state index is 0.0965. The monoisotopic (exact) mass is 325 g/mol. The van der Waals surface area contributed by atoms with E-state index in [0.29, 0.717) is 18.2 Å². The van der Waals surface area contributed by atoms with Crippen LogP contribution in [-0.4, -0.2) is 42.0 Å². The number of amides is 1. The Morgan fingerprint density at radius 2 is 2.21 bits per heavy atom. The summed E-state index contributed by atoms with van der Waals surface area (Å²) >= 11 is 3.31. The van der Waals surface area contributed by atoms with Gasteiger partial charge in [-0.1, -0.05) is 6.92 Å². The molecule has 2 rings (SSSR count). The number of likely N-dealkylation sites (tertiary alicyclic amines) is 1. The van der Waals surface area contributed by atoms with Crippen LogP contribution in [0.5, 0.6) is 0 Å². The van der Waals surface area contributed by atoms with E-state index in [-0.39, 0.29) is 5.91 Å². The molecule has 1 aliphatic rings. The molecule has 1 saturated heterocycles. The van der Waals surface area contributed by atoms with Gasteiger partial charge in [-0.25, -0.2) is 4.98 Å². The van der Waals surface area contributed by atoms with Crippen molar-refractivity contribution in [2.45, 2.75) is 19.8 Å². The molecule has 0 saturated carbocycles. The van der Waals surface area contributed by atoms with Crippen molar-refractivity contribution < 1.29 is 4.79 Å². The van der Waals surface area contributed by atoms with Crippen molar-refractivity contribution in [3.8, 4) is 0 Å². The van der Waals surface area contributed by atoms with E-state index in [1.807, 2.05) is 6.07 Å². The Morgan fingerprint density at radius 1 is 1.47 bits per heavy atom. The SMILES string of the molecule is CC(CNC(=O)c1ccc(Br)cn1)CN1CCCC1. The highest BCUT2D eigenvalue weighted by Gasteiger charge is 2.15. The number of nitrogens with one attached hydrogen (secondary N) is 1. The van der Waals surface area contributed by atoms with E-state index in [0.717, 1.165) is 11.0 Å². The molecule has 4 nitrogen and oxygen atoms in total. The van der Waals surface area contributed by atoms with Gasteiger partial charge in [-0.3, -0.25) is 4.79 Å². The van der Waals surface area contributed by atoms with Crippen molar-refractivity contribution >= 4 is 21.8 Å². The second-order valence-electron chi connectivity index (χ2n) is 5.18. The topological polar surface area (TPSA) is 45.2 Å². The third kappa shape index (κ3) is 4.58. The number of halogens is 1. The molecule has 0 spiro atoms. The molecule has 0 bridgehead atoms. The van der Waals surface area contributed by atoms with Crippen molar-refractivity contribution in [3.63, 3.8) is 0 Å². The quantitative estimate of drug-likeness (QED) is 0.903. The van der Waals surface area contributed by atoms with Gasteiger partial charge in [0.25, 0.3) is 5.91 Å². The molecule has 19 heavy (non-hydrogen) atoms. The lowest BCUT2D eigenvalue weighted by Gasteiger charge is -2.20. The Hall–Kier alpha value is -0.940. The molecule has 1 N–H and O–H groups in total. The maximum Gasteiger partial charge on any atom is 0.269 e. The number of aromatic nitrogens is 1. The van der Waals surface area contributed by atoms with Crippen molar-refractivity contribution in [1.29, 1.82) is 0 Å². The second kappa shape index (κ2) is 7.01. The van der Waals surface area contributed by atoms with E-state index in [1.54, 1.807) is 12.3 Å². The summed E-state index contributed by atoms with van der Waals surface area (Å²) < 4.78 is 0.881. The highest BCUT2D eigenvalue weighted by molar-refractivity contribution is 9.10. The van der Waals surface area contributed by atoms with Gasteiger partial charge in [-0.2, -0.15) is 0 Å². The van der Waals surface area contributed by atoms with Crippen molar-refractivity contribution in [3.05, 3.63) is 28.5 Å². The van der Waals surface area contributed by atoms with E-state index in [2.05, 4.69) is 38.1 Å². The Kier molecular flexibility index (Phi) is 5.34. The summed E-state index contributed by atoms with van der Waals surface area (Å²) in [6, 6.07) is 3.56. The Balaban J connectivity index is 1.74. The summed E-state index contributed by atoms with van der Waals surface area (Å²) in [6.07, 6.45) is 4.26. The van der Waals surface area contributed by atoms with Crippen molar-refractivity contribution in [2.75, 3.05) is 26.2 Å². The van der Waals surface area contributed by atoms with E-state index in [4.69, 9.17) is 0 Å². The summed E-state index contributed by atoms with van der Waals surface area (Å²) in [7, 11) is 0. The largest absolute Gasteiger partial charge is 0.350 e. The molecule has 1 unspecified atom stereocenters. The van der Waals surface area contributed by atoms with Gasteiger partial charge < -0.3 is 10.2 Å².